The van der Waals surface area contributed by atoms with Gasteiger partial charge in [0, 0.05) is 45.0 Å². The van der Waals surface area contributed by atoms with Crippen LogP contribution in [0.15, 0.2) is 18.3 Å². The second kappa shape index (κ2) is 7.12. The van der Waals surface area contributed by atoms with Gasteiger partial charge in [-0.05, 0) is 31.4 Å². The molecule has 1 saturated carbocycles. The van der Waals surface area contributed by atoms with Gasteiger partial charge >= 0.3 is 0 Å². The lowest BCUT2D eigenvalue weighted by atomic mass is 10.3. The van der Waals surface area contributed by atoms with E-state index in [0.717, 1.165) is 25.3 Å². The van der Waals surface area contributed by atoms with Gasteiger partial charge in [-0.3, -0.25) is 0 Å². The number of aromatic nitrogens is 1. The maximum atomic E-state index is 12.3. The largest absolute Gasteiger partial charge is 0.477 e. The summed E-state index contributed by atoms with van der Waals surface area (Å²) in [7, 11) is -1.43. The Hall–Kier alpha value is -1.22. The number of rotatable bonds is 7. The molecule has 0 spiro atoms. The van der Waals surface area contributed by atoms with Crippen molar-refractivity contribution < 1.29 is 13.2 Å². The van der Waals surface area contributed by atoms with Crippen LogP contribution in [0.3, 0.4) is 0 Å². The maximum absolute atomic E-state index is 12.3. The highest BCUT2D eigenvalue weighted by Gasteiger charge is 2.25. The van der Waals surface area contributed by atoms with Crippen LogP contribution in [-0.2, 0) is 16.8 Å². The van der Waals surface area contributed by atoms with Gasteiger partial charge in [0.25, 0.3) is 10.2 Å². The Morgan fingerprint density at radius 3 is 2.61 bits per heavy atom. The zero-order valence-corrected chi connectivity index (χ0v) is 14.3. The molecule has 23 heavy (non-hydrogen) atoms. The molecule has 1 aliphatic heterocycles. The summed E-state index contributed by atoms with van der Waals surface area (Å²) in [5.41, 5.74) is 0.821. The number of nitrogens with one attached hydrogen (secondary N) is 1. The summed E-state index contributed by atoms with van der Waals surface area (Å²) >= 11 is 0. The van der Waals surface area contributed by atoms with Crippen LogP contribution in [0.4, 0.5) is 0 Å². The van der Waals surface area contributed by atoms with E-state index < -0.39 is 10.2 Å². The fourth-order valence-corrected chi connectivity index (χ4v) is 3.56. The third kappa shape index (κ3) is 4.87. The minimum Gasteiger partial charge on any atom is -0.477 e. The van der Waals surface area contributed by atoms with Crippen molar-refractivity contribution in [1.82, 2.24) is 18.9 Å². The highest BCUT2D eigenvalue weighted by atomic mass is 32.2. The molecule has 1 saturated heterocycles. The number of hydrogen-bond acceptors (Lipinski definition) is 5. The van der Waals surface area contributed by atoms with Crippen molar-refractivity contribution >= 4 is 10.2 Å². The average Bonchev–Trinajstić information content (AvgIpc) is 3.37. The normalized spacial score (nSPS) is 20.6. The van der Waals surface area contributed by atoms with Gasteiger partial charge in [0.05, 0.1) is 6.61 Å². The predicted molar refractivity (Wildman–Crippen MR) is 87.3 cm³/mol. The Labute approximate surface area is 137 Å². The van der Waals surface area contributed by atoms with Crippen LogP contribution in [0.25, 0.3) is 0 Å². The van der Waals surface area contributed by atoms with Gasteiger partial charge < -0.3 is 9.64 Å². The summed E-state index contributed by atoms with van der Waals surface area (Å²) in [6.45, 7) is 3.54. The number of piperazine rings is 1. The monoisotopic (exact) mass is 340 g/mol. The highest BCUT2D eigenvalue weighted by molar-refractivity contribution is 7.87. The Morgan fingerprint density at radius 2 is 2.00 bits per heavy atom. The lowest BCUT2D eigenvalue weighted by molar-refractivity contribution is 0.221. The van der Waals surface area contributed by atoms with Gasteiger partial charge in [0.1, 0.15) is 0 Å². The van der Waals surface area contributed by atoms with Gasteiger partial charge in [0.2, 0.25) is 5.88 Å². The molecular formula is C15H24N4O3S. The van der Waals surface area contributed by atoms with Crippen molar-refractivity contribution in [2.45, 2.75) is 19.4 Å². The molecule has 0 amide bonds. The molecule has 1 N–H and O–H groups in total. The molecule has 0 aromatic carbocycles. The van der Waals surface area contributed by atoms with Crippen LogP contribution in [0.2, 0.25) is 0 Å². The first-order chi connectivity index (χ1) is 11.0. The zero-order valence-electron chi connectivity index (χ0n) is 13.4. The number of hydrogen-bond donors (Lipinski definition) is 1. The molecule has 2 fully saturated rings. The van der Waals surface area contributed by atoms with E-state index in [2.05, 4.69) is 14.6 Å². The summed E-state index contributed by atoms with van der Waals surface area (Å²) in [6, 6.07) is 3.64. The van der Waals surface area contributed by atoms with E-state index in [0.29, 0.717) is 24.9 Å². The van der Waals surface area contributed by atoms with Gasteiger partial charge in [0.15, 0.2) is 0 Å². The molecule has 0 radical (unpaired) electrons. The van der Waals surface area contributed by atoms with Crippen LogP contribution < -0.4 is 9.46 Å². The molecule has 1 aromatic rings. The van der Waals surface area contributed by atoms with Gasteiger partial charge in [-0.2, -0.15) is 17.4 Å². The second-order valence-corrected chi connectivity index (χ2v) is 8.04. The summed E-state index contributed by atoms with van der Waals surface area (Å²) in [5.74, 6) is 1.29. The number of likely N-dealkylation sites (N-methyl/N-ethyl adjacent to an activating group) is 1. The van der Waals surface area contributed by atoms with Gasteiger partial charge in [-0.25, -0.2) is 4.98 Å². The SMILES string of the molecule is CN1CCN(S(=O)(=O)NCc2ccc(OCC3CC3)nc2)CC1. The summed E-state index contributed by atoms with van der Waals surface area (Å²) in [6.07, 6.45) is 4.15. The average molecular weight is 340 g/mol. The van der Waals surface area contributed by atoms with Crippen LogP contribution in [0, 0.1) is 5.92 Å². The molecule has 0 atom stereocenters. The Balaban J connectivity index is 1.48. The van der Waals surface area contributed by atoms with Crippen LogP contribution in [0.5, 0.6) is 5.88 Å². The van der Waals surface area contributed by atoms with Crippen molar-refractivity contribution in [3.63, 3.8) is 0 Å². The zero-order chi connectivity index (χ0) is 16.3. The van der Waals surface area contributed by atoms with Gasteiger partial charge in [-0.1, -0.05) is 6.07 Å². The number of ether oxygens (including phenoxy) is 1. The summed E-state index contributed by atoms with van der Waals surface area (Å²) in [5, 5.41) is 0. The first-order valence-corrected chi connectivity index (χ1v) is 9.48. The highest BCUT2D eigenvalue weighted by Crippen LogP contribution is 2.29. The fraction of sp³-hybridized carbons (Fsp3) is 0.667. The van der Waals surface area contributed by atoms with Crippen molar-refractivity contribution in [1.29, 1.82) is 0 Å². The molecule has 3 rings (SSSR count). The smallest absolute Gasteiger partial charge is 0.279 e. The van der Waals surface area contributed by atoms with E-state index in [9.17, 15) is 8.42 Å². The molecular weight excluding hydrogens is 316 g/mol. The van der Waals surface area contributed by atoms with E-state index >= 15 is 0 Å². The van der Waals surface area contributed by atoms with E-state index in [1.165, 1.54) is 17.1 Å². The Morgan fingerprint density at radius 1 is 1.26 bits per heavy atom. The molecule has 2 aliphatic rings. The molecule has 0 unspecified atom stereocenters. The first-order valence-electron chi connectivity index (χ1n) is 8.04. The third-order valence-electron chi connectivity index (χ3n) is 4.22. The van der Waals surface area contributed by atoms with E-state index in [4.69, 9.17) is 4.74 Å². The van der Waals surface area contributed by atoms with Crippen LogP contribution >= 0.6 is 0 Å². The maximum Gasteiger partial charge on any atom is 0.279 e. The summed E-state index contributed by atoms with van der Waals surface area (Å²) < 4.78 is 34.2. The van der Waals surface area contributed by atoms with Crippen molar-refractivity contribution in [3.05, 3.63) is 23.9 Å². The Kier molecular flexibility index (Phi) is 5.15. The molecule has 1 aliphatic carbocycles. The van der Waals surface area contributed by atoms with Gasteiger partial charge in [-0.15, -0.1) is 0 Å². The lowest BCUT2D eigenvalue weighted by Gasteiger charge is -2.31. The fourth-order valence-electron chi connectivity index (χ4n) is 2.38. The first kappa shape index (κ1) is 16.6. The van der Waals surface area contributed by atoms with E-state index in [1.807, 2.05) is 13.1 Å². The van der Waals surface area contributed by atoms with E-state index in [1.54, 1.807) is 12.3 Å². The number of nitrogens with zero attached hydrogens (tertiary/aromatic N) is 3. The third-order valence-corrected chi connectivity index (χ3v) is 5.78. The van der Waals surface area contributed by atoms with Crippen molar-refractivity contribution in [2.75, 3.05) is 39.8 Å². The molecule has 1 aromatic heterocycles. The molecule has 2 heterocycles. The lowest BCUT2D eigenvalue weighted by Crippen LogP contribution is -2.50. The minimum absolute atomic E-state index is 0.241. The quantitative estimate of drug-likeness (QED) is 0.780. The summed E-state index contributed by atoms with van der Waals surface area (Å²) in [4.78, 5) is 6.35. The van der Waals surface area contributed by atoms with Crippen LogP contribution in [-0.4, -0.2) is 62.4 Å². The molecule has 128 valence electrons. The Bertz CT molecular complexity index is 608. The standard InChI is InChI=1S/C15H24N4O3S/c1-18-6-8-19(9-7-18)23(20,21)17-11-14-4-5-15(16-10-14)22-12-13-2-3-13/h4-5,10,13,17H,2-3,6-9,11-12H2,1H3. The van der Waals surface area contributed by atoms with Crippen LogP contribution in [0.1, 0.15) is 18.4 Å². The predicted octanol–water partition coefficient (Wildman–Crippen LogP) is 0.452. The topological polar surface area (TPSA) is 74.8 Å². The number of pyridine rings is 1. The molecule has 0 bridgehead atoms. The minimum atomic E-state index is -3.43. The van der Waals surface area contributed by atoms with Crippen molar-refractivity contribution in [2.24, 2.45) is 5.92 Å². The molecule has 7 nitrogen and oxygen atoms in total. The van der Waals surface area contributed by atoms with E-state index in [-0.39, 0.29) is 6.54 Å². The van der Waals surface area contributed by atoms with Crippen molar-refractivity contribution in [3.8, 4) is 5.88 Å². The molecule has 8 heteroatoms. The second-order valence-electron chi connectivity index (χ2n) is 6.29.